The maximum absolute atomic E-state index is 12.7. The van der Waals surface area contributed by atoms with Gasteiger partial charge in [-0.05, 0) is 41.5 Å². The van der Waals surface area contributed by atoms with E-state index in [0.29, 0.717) is 22.9 Å². The quantitative estimate of drug-likeness (QED) is 0.315. The van der Waals surface area contributed by atoms with Crippen LogP contribution in [0.25, 0.3) is 6.08 Å². The van der Waals surface area contributed by atoms with Crippen LogP contribution in [0.1, 0.15) is 27.4 Å². The number of nitrogens with zero attached hydrogens (tertiary/aromatic N) is 1. The lowest BCUT2D eigenvalue weighted by Crippen LogP contribution is -2.30. The molecule has 1 aromatic heterocycles. The molecule has 1 aliphatic heterocycles. The van der Waals surface area contributed by atoms with E-state index in [9.17, 15) is 14.4 Å². The van der Waals surface area contributed by atoms with Gasteiger partial charge < -0.3 is 19.2 Å². The van der Waals surface area contributed by atoms with E-state index in [2.05, 4.69) is 10.1 Å². The summed E-state index contributed by atoms with van der Waals surface area (Å²) in [4.78, 5) is 37.5. The highest BCUT2D eigenvalue weighted by molar-refractivity contribution is 6.32. The normalized spacial score (nSPS) is 14.5. The monoisotopic (exact) mass is 466 g/mol. The van der Waals surface area contributed by atoms with Gasteiger partial charge >= 0.3 is 12.0 Å². The molecule has 3 aromatic rings. The van der Waals surface area contributed by atoms with Gasteiger partial charge in [0, 0.05) is 0 Å². The number of benzene rings is 2. The molecule has 0 saturated carbocycles. The minimum absolute atomic E-state index is 0.0143. The molecule has 2 aromatic carbocycles. The van der Waals surface area contributed by atoms with Crippen molar-refractivity contribution in [1.29, 1.82) is 0 Å². The van der Waals surface area contributed by atoms with Crippen molar-refractivity contribution in [2.45, 2.75) is 13.2 Å². The second kappa shape index (κ2) is 9.62. The Kier molecular flexibility index (Phi) is 6.46. The molecule has 33 heavy (non-hydrogen) atoms. The third-order valence-corrected chi connectivity index (χ3v) is 5.12. The number of carbonyl (C=O) groups is 3. The third-order valence-electron chi connectivity index (χ3n) is 4.83. The summed E-state index contributed by atoms with van der Waals surface area (Å²) in [5.41, 5.74) is 1.71. The number of methoxy groups -OCH3 is 1. The second-order valence-electron chi connectivity index (χ2n) is 7.10. The number of halogens is 1. The summed E-state index contributed by atoms with van der Waals surface area (Å²) in [6.45, 7) is 0.237. The zero-order chi connectivity index (χ0) is 23.4. The van der Waals surface area contributed by atoms with E-state index in [1.807, 2.05) is 30.3 Å². The number of carbonyl (C=O) groups excluding carboxylic acids is 3. The average molecular weight is 467 g/mol. The Morgan fingerprint density at radius 3 is 2.64 bits per heavy atom. The minimum Gasteiger partial charge on any atom is -0.487 e. The molecule has 9 heteroatoms. The predicted octanol–water partition coefficient (Wildman–Crippen LogP) is 4.39. The van der Waals surface area contributed by atoms with Crippen LogP contribution in [0.2, 0.25) is 5.02 Å². The minimum atomic E-state index is -0.646. The van der Waals surface area contributed by atoms with Crippen molar-refractivity contribution in [2.24, 2.45) is 0 Å². The molecular formula is C24H19ClN2O6. The van der Waals surface area contributed by atoms with Gasteiger partial charge in [0.15, 0.2) is 0 Å². The first-order valence-electron chi connectivity index (χ1n) is 9.92. The van der Waals surface area contributed by atoms with Gasteiger partial charge in [-0.15, -0.1) is 0 Å². The van der Waals surface area contributed by atoms with Gasteiger partial charge in [-0.25, -0.2) is 9.59 Å². The molecule has 0 radical (unpaired) electrons. The summed E-state index contributed by atoms with van der Waals surface area (Å²) >= 11 is 6.33. The molecule has 0 aliphatic carbocycles. The first-order chi connectivity index (χ1) is 15.9. The van der Waals surface area contributed by atoms with Gasteiger partial charge in [0.05, 0.1) is 18.7 Å². The standard InChI is InChI=1S/C24H19ClN2O6/c1-31-23(29)21-10-8-17(33-21)13-27-22(28)19(26-24(27)30)12-16-7-9-20(18(25)11-16)32-14-15-5-3-2-4-6-15/h2-12H,13-14H2,1H3,(H,26,30)/b19-12-. The molecule has 3 amide bonds. The Hall–Kier alpha value is -4.04. The van der Waals surface area contributed by atoms with Crippen molar-refractivity contribution < 1.29 is 28.3 Å². The van der Waals surface area contributed by atoms with Gasteiger partial charge in [0.1, 0.15) is 23.8 Å². The van der Waals surface area contributed by atoms with Crippen LogP contribution in [0.5, 0.6) is 5.75 Å². The Morgan fingerprint density at radius 1 is 1.12 bits per heavy atom. The van der Waals surface area contributed by atoms with Crippen molar-refractivity contribution in [1.82, 2.24) is 10.2 Å². The van der Waals surface area contributed by atoms with E-state index in [4.69, 9.17) is 20.8 Å². The Balaban J connectivity index is 1.44. The molecule has 2 heterocycles. The number of esters is 1. The largest absolute Gasteiger partial charge is 0.487 e. The molecule has 168 valence electrons. The summed E-state index contributed by atoms with van der Waals surface area (Å²) in [6, 6.07) is 17.1. The van der Waals surface area contributed by atoms with E-state index in [1.54, 1.807) is 18.2 Å². The molecule has 1 aliphatic rings. The fraction of sp³-hybridized carbons (Fsp3) is 0.125. The first kappa shape index (κ1) is 22.2. The lowest BCUT2D eigenvalue weighted by molar-refractivity contribution is -0.123. The number of amides is 3. The van der Waals surface area contributed by atoms with Crippen molar-refractivity contribution in [3.05, 3.63) is 94.0 Å². The van der Waals surface area contributed by atoms with Crippen LogP contribution in [0, 0.1) is 0 Å². The van der Waals surface area contributed by atoms with Gasteiger partial charge in [0.25, 0.3) is 5.91 Å². The number of imide groups is 1. The smallest absolute Gasteiger partial charge is 0.373 e. The van der Waals surface area contributed by atoms with Gasteiger partial charge in [-0.3, -0.25) is 9.69 Å². The Morgan fingerprint density at radius 2 is 1.91 bits per heavy atom. The van der Waals surface area contributed by atoms with Gasteiger partial charge in [-0.2, -0.15) is 0 Å². The summed E-state index contributed by atoms with van der Waals surface area (Å²) in [7, 11) is 1.23. The topological polar surface area (TPSA) is 98.1 Å². The fourth-order valence-electron chi connectivity index (χ4n) is 3.17. The molecule has 8 nitrogen and oxygen atoms in total. The number of hydrogen-bond acceptors (Lipinski definition) is 6. The van der Waals surface area contributed by atoms with Crippen LogP contribution in [0.4, 0.5) is 4.79 Å². The lowest BCUT2D eigenvalue weighted by Gasteiger charge is -2.09. The number of urea groups is 1. The fourth-order valence-corrected chi connectivity index (χ4v) is 3.41. The van der Waals surface area contributed by atoms with Crippen molar-refractivity contribution in [2.75, 3.05) is 7.11 Å². The molecule has 4 rings (SSSR count). The maximum atomic E-state index is 12.7. The highest BCUT2D eigenvalue weighted by Crippen LogP contribution is 2.28. The van der Waals surface area contributed by atoms with E-state index < -0.39 is 17.9 Å². The van der Waals surface area contributed by atoms with E-state index in [0.717, 1.165) is 10.5 Å². The first-order valence-corrected chi connectivity index (χ1v) is 10.3. The van der Waals surface area contributed by atoms with Gasteiger partial charge in [-0.1, -0.05) is 48.0 Å². The average Bonchev–Trinajstić information content (AvgIpc) is 3.39. The Bertz CT molecular complexity index is 1230. The lowest BCUT2D eigenvalue weighted by atomic mass is 10.1. The van der Waals surface area contributed by atoms with Crippen LogP contribution in [0.3, 0.4) is 0 Å². The number of nitrogens with one attached hydrogen (secondary N) is 1. The zero-order valence-corrected chi connectivity index (χ0v) is 18.3. The Labute approximate surface area is 194 Å². The highest BCUT2D eigenvalue weighted by Gasteiger charge is 2.34. The van der Waals surface area contributed by atoms with E-state index >= 15 is 0 Å². The van der Waals surface area contributed by atoms with Gasteiger partial charge in [0.2, 0.25) is 5.76 Å². The number of furan rings is 1. The SMILES string of the molecule is COC(=O)c1ccc(CN2C(=O)N/C(=C\c3ccc(OCc4ccccc4)c(Cl)c3)C2=O)o1. The molecule has 0 atom stereocenters. The van der Waals surface area contributed by atoms with Crippen molar-refractivity contribution >= 4 is 35.6 Å². The molecule has 1 saturated heterocycles. The summed E-state index contributed by atoms with van der Waals surface area (Å²) in [6.07, 6.45) is 1.52. The van der Waals surface area contributed by atoms with Crippen molar-refractivity contribution in [3.63, 3.8) is 0 Å². The van der Waals surface area contributed by atoms with Crippen LogP contribution in [-0.4, -0.2) is 29.9 Å². The molecule has 0 bridgehead atoms. The van der Waals surface area contributed by atoms with Crippen LogP contribution in [-0.2, 0) is 22.7 Å². The highest BCUT2D eigenvalue weighted by atomic mass is 35.5. The van der Waals surface area contributed by atoms with E-state index in [-0.39, 0.29) is 23.8 Å². The van der Waals surface area contributed by atoms with E-state index in [1.165, 1.54) is 25.3 Å². The predicted molar refractivity (Wildman–Crippen MR) is 119 cm³/mol. The second-order valence-corrected chi connectivity index (χ2v) is 7.51. The molecule has 0 unspecified atom stereocenters. The molecule has 1 fully saturated rings. The van der Waals surface area contributed by atoms with Crippen molar-refractivity contribution in [3.8, 4) is 5.75 Å². The number of ether oxygens (including phenoxy) is 2. The molecule has 0 spiro atoms. The maximum Gasteiger partial charge on any atom is 0.373 e. The van der Waals surface area contributed by atoms with Crippen LogP contribution >= 0.6 is 11.6 Å². The van der Waals surface area contributed by atoms with Crippen LogP contribution in [0.15, 0.2) is 70.8 Å². The third kappa shape index (κ3) is 5.07. The summed E-state index contributed by atoms with van der Waals surface area (Å²) < 4.78 is 15.7. The summed E-state index contributed by atoms with van der Waals surface area (Å²) in [5.74, 6) is -0.420. The zero-order valence-electron chi connectivity index (χ0n) is 17.5. The molecular weight excluding hydrogens is 448 g/mol. The summed E-state index contributed by atoms with van der Waals surface area (Å²) in [5, 5.41) is 2.91. The number of rotatable bonds is 7. The van der Waals surface area contributed by atoms with Crippen LogP contribution < -0.4 is 10.1 Å². The number of hydrogen-bond donors (Lipinski definition) is 1. The molecule has 1 N–H and O–H groups in total.